The molecule has 70 valence electrons. The number of carboxylic acids is 1. The van der Waals surface area contributed by atoms with Gasteiger partial charge in [0.05, 0.1) is 5.56 Å². The highest BCUT2D eigenvalue weighted by Crippen LogP contribution is 2.09. The molecular formula is C10H11FO2. The smallest absolute Gasteiger partial charge is 0.335 e. The van der Waals surface area contributed by atoms with Crippen LogP contribution in [0.25, 0.3) is 0 Å². The molecule has 1 rings (SSSR count). The van der Waals surface area contributed by atoms with Gasteiger partial charge in [-0.05, 0) is 24.6 Å². The first-order valence-corrected chi connectivity index (χ1v) is 4.06. The summed E-state index contributed by atoms with van der Waals surface area (Å²) in [7, 11) is 0. The normalized spacial score (nSPS) is 12.5. The van der Waals surface area contributed by atoms with Crippen LogP contribution in [-0.4, -0.2) is 17.2 Å². The molecule has 2 nitrogen and oxygen atoms in total. The van der Waals surface area contributed by atoms with Gasteiger partial charge in [0.15, 0.2) is 0 Å². The summed E-state index contributed by atoms with van der Waals surface area (Å²) in [5.41, 5.74) is 0.924. The van der Waals surface area contributed by atoms with Crippen LogP contribution in [0.1, 0.15) is 22.8 Å². The van der Waals surface area contributed by atoms with E-state index in [1.54, 1.807) is 12.1 Å². The van der Waals surface area contributed by atoms with E-state index in [-0.39, 0.29) is 12.0 Å². The Balaban J connectivity index is 2.85. The predicted molar refractivity (Wildman–Crippen MR) is 47.7 cm³/mol. The van der Waals surface area contributed by atoms with Crippen molar-refractivity contribution >= 4 is 5.97 Å². The highest BCUT2D eigenvalue weighted by atomic mass is 19.1. The minimum absolute atomic E-state index is 0.207. The fourth-order valence-electron chi connectivity index (χ4n) is 1.16. The van der Waals surface area contributed by atoms with Crippen molar-refractivity contribution in [1.29, 1.82) is 0 Å². The first kappa shape index (κ1) is 9.71. The number of hydrogen-bond acceptors (Lipinski definition) is 1. The van der Waals surface area contributed by atoms with Gasteiger partial charge < -0.3 is 5.11 Å². The van der Waals surface area contributed by atoms with E-state index in [9.17, 15) is 9.18 Å². The van der Waals surface area contributed by atoms with Crippen molar-refractivity contribution < 1.29 is 14.3 Å². The van der Waals surface area contributed by atoms with Crippen molar-refractivity contribution in [1.82, 2.24) is 0 Å². The summed E-state index contributed by atoms with van der Waals surface area (Å²) in [6.07, 6.45) is -0.676. The molecule has 0 amide bonds. The molecule has 13 heavy (non-hydrogen) atoms. The van der Waals surface area contributed by atoms with Gasteiger partial charge in [-0.1, -0.05) is 12.1 Å². The third-order valence-electron chi connectivity index (χ3n) is 1.69. The van der Waals surface area contributed by atoms with Gasteiger partial charge in [-0.2, -0.15) is 0 Å². The van der Waals surface area contributed by atoms with Crippen LogP contribution in [0.2, 0.25) is 0 Å². The lowest BCUT2D eigenvalue weighted by Gasteiger charge is -2.02. The third-order valence-corrected chi connectivity index (χ3v) is 1.69. The monoisotopic (exact) mass is 182 g/mol. The average molecular weight is 182 g/mol. The van der Waals surface area contributed by atoms with E-state index >= 15 is 0 Å². The number of rotatable bonds is 3. The quantitative estimate of drug-likeness (QED) is 0.778. The molecule has 0 aliphatic rings. The van der Waals surface area contributed by atoms with Crippen LogP contribution in [0.5, 0.6) is 0 Å². The second-order valence-corrected chi connectivity index (χ2v) is 2.99. The van der Waals surface area contributed by atoms with Crippen molar-refractivity contribution in [3.05, 3.63) is 35.4 Å². The van der Waals surface area contributed by atoms with Crippen molar-refractivity contribution in [2.24, 2.45) is 0 Å². The maximum Gasteiger partial charge on any atom is 0.335 e. The lowest BCUT2D eigenvalue weighted by Crippen LogP contribution is -2.01. The highest BCUT2D eigenvalue weighted by Gasteiger charge is 2.05. The molecule has 0 radical (unpaired) electrons. The number of halogens is 1. The molecule has 0 fully saturated rings. The summed E-state index contributed by atoms with van der Waals surface area (Å²) in [4.78, 5) is 10.5. The Kier molecular flexibility index (Phi) is 3.01. The zero-order valence-corrected chi connectivity index (χ0v) is 7.33. The zero-order chi connectivity index (χ0) is 9.84. The van der Waals surface area contributed by atoms with Crippen molar-refractivity contribution in [2.75, 3.05) is 0 Å². The lowest BCUT2D eigenvalue weighted by atomic mass is 10.1. The van der Waals surface area contributed by atoms with E-state index in [4.69, 9.17) is 5.11 Å². The Morgan fingerprint density at radius 3 is 2.85 bits per heavy atom. The molecule has 1 aromatic rings. The summed E-state index contributed by atoms with van der Waals surface area (Å²) in [5, 5.41) is 8.65. The standard InChI is InChI=1S/C10H11FO2/c1-7(11)5-8-3-2-4-9(6-8)10(12)13/h2-4,6-7H,5H2,1H3,(H,12,13). The van der Waals surface area contributed by atoms with E-state index < -0.39 is 12.1 Å². The highest BCUT2D eigenvalue weighted by molar-refractivity contribution is 5.87. The molecule has 0 saturated carbocycles. The lowest BCUT2D eigenvalue weighted by molar-refractivity contribution is 0.0696. The van der Waals surface area contributed by atoms with E-state index in [0.29, 0.717) is 0 Å². The first-order chi connectivity index (χ1) is 6.09. The molecular weight excluding hydrogens is 171 g/mol. The predicted octanol–water partition coefficient (Wildman–Crippen LogP) is 2.29. The van der Waals surface area contributed by atoms with E-state index in [1.165, 1.54) is 19.1 Å². The van der Waals surface area contributed by atoms with Crippen molar-refractivity contribution in [3.8, 4) is 0 Å². The molecule has 0 spiro atoms. The van der Waals surface area contributed by atoms with Crippen LogP contribution in [0, 0.1) is 0 Å². The molecule has 0 saturated heterocycles. The molecule has 1 N–H and O–H groups in total. The van der Waals surface area contributed by atoms with E-state index in [0.717, 1.165) is 5.56 Å². The summed E-state index contributed by atoms with van der Waals surface area (Å²) in [6, 6.07) is 6.34. The van der Waals surface area contributed by atoms with E-state index in [2.05, 4.69) is 0 Å². The summed E-state index contributed by atoms with van der Waals surface area (Å²) in [5.74, 6) is -0.978. The maximum absolute atomic E-state index is 12.6. The molecule has 0 bridgehead atoms. The van der Waals surface area contributed by atoms with E-state index in [1.807, 2.05) is 0 Å². The topological polar surface area (TPSA) is 37.3 Å². The van der Waals surface area contributed by atoms with Gasteiger partial charge in [-0.3, -0.25) is 0 Å². The Morgan fingerprint density at radius 2 is 2.31 bits per heavy atom. The molecule has 1 unspecified atom stereocenters. The summed E-state index contributed by atoms with van der Waals surface area (Å²) < 4.78 is 12.6. The molecule has 0 aliphatic heterocycles. The Labute approximate surface area is 76.0 Å². The fraction of sp³-hybridized carbons (Fsp3) is 0.300. The number of hydrogen-bond donors (Lipinski definition) is 1. The fourth-order valence-corrected chi connectivity index (χ4v) is 1.16. The number of aromatic carboxylic acids is 1. The average Bonchev–Trinajstić information content (AvgIpc) is 2.03. The van der Waals surface area contributed by atoms with Crippen LogP contribution in [0.15, 0.2) is 24.3 Å². The third kappa shape index (κ3) is 2.86. The van der Waals surface area contributed by atoms with Crippen molar-refractivity contribution in [2.45, 2.75) is 19.5 Å². The van der Waals surface area contributed by atoms with Crippen LogP contribution in [0.4, 0.5) is 4.39 Å². The van der Waals surface area contributed by atoms with Crippen molar-refractivity contribution in [3.63, 3.8) is 0 Å². The Hall–Kier alpha value is -1.38. The Bertz CT molecular complexity index is 308. The van der Waals surface area contributed by atoms with Crippen LogP contribution >= 0.6 is 0 Å². The van der Waals surface area contributed by atoms with Crippen LogP contribution < -0.4 is 0 Å². The molecule has 1 aromatic carbocycles. The van der Waals surface area contributed by atoms with Gasteiger partial charge in [0.2, 0.25) is 0 Å². The summed E-state index contributed by atoms with van der Waals surface area (Å²) >= 11 is 0. The minimum atomic E-state index is -0.978. The SMILES string of the molecule is CC(F)Cc1cccc(C(=O)O)c1. The number of carboxylic acid groups (broad SMARTS) is 1. The minimum Gasteiger partial charge on any atom is -0.478 e. The van der Waals surface area contributed by atoms with Gasteiger partial charge in [-0.15, -0.1) is 0 Å². The number of alkyl halides is 1. The maximum atomic E-state index is 12.6. The zero-order valence-electron chi connectivity index (χ0n) is 7.33. The van der Waals surface area contributed by atoms with Gasteiger partial charge >= 0.3 is 5.97 Å². The molecule has 0 aliphatic carbocycles. The number of carbonyl (C=O) groups is 1. The van der Waals surface area contributed by atoms with Gasteiger partial charge in [0.1, 0.15) is 6.17 Å². The first-order valence-electron chi connectivity index (χ1n) is 4.06. The molecule has 0 heterocycles. The van der Waals surface area contributed by atoms with Crippen LogP contribution in [0.3, 0.4) is 0 Å². The van der Waals surface area contributed by atoms with Gasteiger partial charge in [-0.25, -0.2) is 9.18 Å². The van der Waals surface area contributed by atoms with Gasteiger partial charge in [0, 0.05) is 6.42 Å². The largest absolute Gasteiger partial charge is 0.478 e. The molecule has 1 atom stereocenters. The number of benzene rings is 1. The second kappa shape index (κ2) is 4.03. The molecule has 3 heteroatoms. The molecule has 0 aromatic heterocycles. The van der Waals surface area contributed by atoms with Gasteiger partial charge in [0.25, 0.3) is 0 Å². The summed E-state index contributed by atoms with van der Waals surface area (Å²) in [6.45, 7) is 1.45. The second-order valence-electron chi connectivity index (χ2n) is 2.99. The van der Waals surface area contributed by atoms with Crippen LogP contribution in [-0.2, 0) is 6.42 Å². The Morgan fingerprint density at radius 1 is 1.62 bits per heavy atom.